The highest BCUT2D eigenvalue weighted by atomic mass is 35.5. The first-order chi connectivity index (χ1) is 15.7. The van der Waals surface area contributed by atoms with Gasteiger partial charge in [0.15, 0.2) is 0 Å². The quantitative estimate of drug-likeness (QED) is 0.532. The van der Waals surface area contributed by atoms with Crippen LogP contribution in [0, 0.1) is 0 Å². The van der Waals surface area contributed by atoms with E-state index >= 15 is 0 Å². The number of nitrogens with zero attached hydrogens (tertiary/aromatic N) is 3. The van der Waals surface area contributed by atoms with Crippen LogP contribution in [0.4, 0.5) is 11.4 Å². The highest BCUT2D eigenvalue weighted by Crippen LogP contribution is 2.26. The number of carbonyl (C=O) groups excluding carboxylic acids is 1. The van der Waals surface area contributed by atoms with Gasteiger partial charge in [0.2, 0.25) is 5.91 Å². The summed E-state index contributed by atoms with van der Waals surface area (Å²) in [6, 6.07) is 19.5. The molecule has 1 aliphatic heterocycles. The van der Waals surface area contributed by atoms with Gasteiger partial charge in [0.05, 0.1) is 11.4 Å². The topological polar surface area (TPSA) is 48.5 Å². The zero-order valence-corrected chi connectivity index (χ0v) is 18.7. The van der Waals surface area contributed by atoms with Crippen LogP contribution in [0.5, 0.6) is 0 Å². The lowest BCUT2D eigenvalue weighted by atomic mass is 10.1. The summed E-state index contributed by atoms with van der Waals surface area (Å²) < 4.78 is 0. The second kappa shape index (κ2) is 10.9. The molecule has 1 aliphatic rings. The van der Waals surface area contributed by atoms with Gasteiger partial charge in [-0.1, -0.05) is 35.9 Å². The lowest BCUT2D eigenvalue weighted by molar-refractivity contribution is -0.111. The summed E-state index contributed by atoms with van der Waals surface area (Å²) in [5.41, 5.74) is 4.15. The van der Waals surface area contributed by atoms with Crippen LogP contribution in [0.1, 0.15) is 11.1 Å². The highest BCUT2D eigenvalue weighted by Gasteiger charge is 2.19. The third kappa shape index (κ3) is 6.19. The van der Waals surface area contributed by atoms with Crippen molar-refractivity contribution >= 4 is 35.0 Å². The summed E-state index contributed by atoms with van der Waals surface area (Å²) in [5, 5.41) is 3.71. The molecule has 1 saturated heterocycles. The van der Waals surface area contributed by atoms with Gasteiger partial charge in [-0.15, -0.1) is 0 Å². The number of piperazine rings is 1. The number of pyridine rings is 1. The number of hydrogen-bond donors (Lipinski definition) is 1. The van der Waals surface area contributed by atoms with E-state index in [0.717, 1.165) is 56.1 Å². The van der Waals surface area contributed by atoms with Gasteiger partial charge in [-0.2, -0.15) is 0 Å². The van der Waals surface area contributed by atoms with Crippen LogP contribution in [0.2, 0.25) is 5.02 Å². The second-order valence-electron chi connectivity index (χ2n) is 7.83. The first-order valence-electron chi connectivity index (χ1n) is 10.9. The van der Waals surface area contributed by atoms with Gasteiger partial charge in [0.25, 0.3) is 0 Å². The zero-order chi connectivity index (χ0) is 22.2. The summed E-state index contributed by atoms with van der Waals surface area (Å²) in [6.07, 6.45) is 8.08. The van der Waals surface area contributed by atoms with Gasteiger partial charge in [-0.05, 0) is 60.0 Å². The van der Waals surface area contributed by atoms with Crippen LogP contribution in [-0.2, 0) is 11.2 Å². The molecule has 0 spiro atoms. The lowest BCUT2D eigenvalue weighted by Gasteiger charge is -2.37. The summed E-state index contributed by atoms with van der Waals surface area (Å²) >= 11 is 5.91. The zero-order valence-electron chi connectivity index (χ0n) is 18.0. The van der Waals surface area contributed by atoms with Gasteiger partial charge in [-0.3, -0.25) is 14.7 Å². The highest BCUT2D eigenvalue weighted by molar-refractivity contribution is 6.30. The van der Waals surface area contributed by atoms with Crippen LogP contribution in [0.15, 0.2) is 79.1 Å². The summed E-state index contributed by atoms with van der Waals surface area (Å²) in [6.45, 7) is 4.92. The Morgan fingerprint density at radius 3 is 2.44 bits per heavy atom. The third-order valence-electron chi connectivity index (χ3n) is 5.64. The Kier molecular flexibility index (Phi) is 7.54. The first-order valence-corrected chi connectivity index (χ1v) is 11.2. The Labute approximate surface area is 194 Å². The fourth-order valence-corrected chi connectivity index (χ4v) is 3.95. The van der Waals surface area contributed by atoms with Crippen LogP contribution >= 0.6 is 11.6 Å². The summed E-state index contributed by atoms with van der Waals surface area (Å²) in [7, 11) is 0. The van der Waals surface area contributed by atoms with Gasteiger partial charge >= 0.3 is 0 Å². The summed E-state index contributed by atoms with van der Waals surface area (Å²) in [4.78, 5) is 21.4. The van der Waals surface area contributed by atoms with Gasteiger partial charge in [0.1, 0.15) is 0 Å². The van der Waals surface area contributed by atoms with E-state index in [1.165, 1.54) is 5.56 Å². The first kappa shape index (κ1) is 22.1. The molecule has 164 valence electrons. The van der Waals surface area contributed by atoms with Crippen molar-refractivity contribution in [1.82, 2.24) is 9.88 Å². The van der Waals surface area contributed by atoms with E-state index < -0.39 is 0 Å². The number of para-hydroxylation sites is 2. The third-order valence-corrected chi connectivity index (χ3v) is 5.89. The number of aromatic nitrogens is 1. The molecule has 0 bridgehead atoms. The van der Waals surface area contributed by atoms with Crippen molar-refractivity contribution in [2.24, 2.45) is 0 Å². The van der Waals surface area contributed by atoms with Crippen molar-refractivity contribution in [3.63, 3.8) is 0 Å². The van der Waals surface area contributed by atoms with E-state index in [0.29, 0.717) is 5.02 Å². The maximum Gasteiger partial charge on any atom is 0.248 e. The van der Waals surface area contributed by atoms with Gasteiger partial charge in [0, 0.05) is 56.2 Å². The number of halogens is 1. The van der Waals surface area contributed by atoms with Crippen molar-refractivity contribution in [2.75, 3.05) is 42.9 Å². The van der Waals surface area contributed by atoms with Crippen molar-refractivity contribution in [2.45, 2.75) is 6.42 Å². The van der Waals surface area contributed by atoms with Crippen molar-refractivity contribution in [3.8, 4) is 0 Å². The molecule has 0 radical (unpaired) electrons. The molecule has 32 heavy (non-hydrogen) atoms. The fraction of sp³-hybridized carbons (Fsp3) is 0.231. The average Bonchev–Trinajstić information content (AvgIpc) is 2.84. The molecule has 2 heterocycles. The van der Waals surface area contributed by atoms with E-state index in [-0.39, 0.29) is 5.91 Å². The molecule has 1 aromatic heterocycles. The Morgan fingerprint density at radius 2 is 1.69 bits per heavy atom. The molecule has 0 atom stereocenters. The van der Waals surface area contributed by atoms with E-state index in [2.05, 4.69) is 38.3 Å². The normalized spacial score (nSPS) is 14.6. The van der Waals surface area contributed by atoms with Crippen LogP contribution in [-0.4, -0.2) is 48.5 Å². The Morgan fingerprint density at radius 1 is 0.969 bits per heavy atom. The number of anilines is 2. The fourth-order valence-electron chi connectivity index (χ4n) is 3.82. The van der Waals surface area contributed by atoms with Gasteiger partial charge in [-0.25, -0.2) is 0 Å². The molecule has 4 rings (SSSR count). The smallest absolute Gasteiger partial charge is 0.248 e. The predicted molar refractivity (Wildman–Crippen MR) is 132 cm³/mol. The number of carbonyl (C=O) groups is 1. The predicted octanol–water partition coefficient (Wildman–Crippen LogP) is 4.75. The number of nitrogens with one attached hydrogen (secondary N) is 1. The minimum atomic E-state index is -0.150. The standard InChI is InChI=1S/C26H27ClN4O/c27-23-8-5-21(6-9-23)7-10-26(32)29-24-3-1-2-4-25(24)31-19-17-30(18-20-31)16-13-22-11-14-28-15-12-22/h1-12,14-15H,13,16-20H2,(H,29,32). The monoisotopic (exact) mass is 446 g/mol. The molecule has 0 saturated carbocycles. The lowest BCUT2D eigenvalue weighted by Crippen LogP contribution is -2.47. The van der Waals surface area contributed by atoms with Crippen molar-refractivity contribution < 1.29 is 4.79 Å². The second-order valence-corrected chi connectivity index (χ2v) is 8.26. The molecule has 5 nitrogen and oxygen atoms in total. The van der Waals surface area contributed by atoms with E-state index in [9.17, 15) is 4.79 Å². The molecule has 0 unspecified atom stereocenters. The molecular formula is C26H27ClN4O. The van der Waals surface area contributed by atoms with Crippen molar-refractivity contribution in [3.05, 3.63) is 95.3 Å². The number of rotatable bonds is 7. The van der Waals surface area contributed by atoms with Crippen LogP contribution in [0.25, 0.3) is 6.08 Å². The Hall–Kier alpha value is -3.15. The minimum absolute atomic E-state index is 0.150. The van der Waals surface area contributed by atoms with E-state index in [1.807, 2.05) is 54.9 Å². The number of amides is 1. The van der Waals surface area contributed by atoms with E-state index in [1.54, 1.807) is 12.2 Å². The Bertz CT molecular complexity index is 1040. The average molecular weight is 447 g/mol. The number of hydrogen-bond acceptors (Lipinski definition) is 4. The molecule has 1 N–H and O–H groups in total. The molecular weight excluding hydrogens is 420 g/mol. The molecule has 1 amide bonds. The maximum atomic E-state index is 12.5. The molecule has 0 aliphatic carbocycles. The SMILES string of the molecule is O=C(C=Cc1ccc(Cl)cc1)Nc1ccccc1N1CCN(CCc2ccncc2)CC1. The molecule has 1 fully saturated rings. The Balaban J connectivity index is 1.32. The van der Waals surface area contributed by atoms with E-state index in [4.69, 9.17) is 11.6 Å². The molecule has 3 aromatic rings. The van der Waals surface area contributed by atoms with Gasteiger partial charge < -0.3 is 10.2 Å². The summed E-state index contributed by atoms with van der Waals surface area (Å²) in [5.74, 6) is -0.150. The van der Waals surface area contributed by atoms with Crippen LogP contribution in [0.3, 0.4) is 0 Å². The molecule has 6 heteroatoms. The molecule has 2 aromatic carbocycles. The number of benzene rings is 2. The van der Waals surface area contributed by atoms with Crippen LogP contribution < -0.4 is 10.2 Å². The minimum Gasteiger partial charge on any atom is -0.367 e. The largest absolute Gasteiger partial charge is 0.367 e. The maximum absolute atomic E-state index is 12.5. The van der Waals surface area contributed by atoms with Crippen molar-refractivity contribution in [1.29, 1.82) is 0 Å².